The average Bonchev–Trinajstić information content (AvgIpc) is 3.31. The maximum absolute atomic E-state index is 10.5. The summed E-state index contributed by atoms with van der Waals surface area (Å²) in [5.74, 6) is 1.11. The Hall–Kier alpha value is -3.29. The van der Waals surface area contributed by atoms with Crippen LogP contribution in [-0.4, -0.2) is 43.8 Å². The van der Waals surface area contributed by atoms with Gasteiger partial charge in [-0.2, -0.15) is 0 Å². The van der Waals surface area contributed by atoms with E-state index in [0.29, 0.717) is 11.9 Å². The number of carbonyl (C=O) groups is 1. The average molecular weight is 466 g/mol. The largest absolute Gasteiger partial charge is 0.356 e. The zero-order chi connectivity index (χ0) is 24.7. The normalized spacial score (nSPS) is 20.2. The first-order valence-corrected chi connectivity index (χ1v) is 12.0. The molecule has 4 heterocycles. The summed E-state index contributed by atoms with van der Waals surface area (Å²) in [4.78, 5) is 24.6. The van der Waals surface area contributed by atoms with Crippen LogP contribution in [-0.2, 0) is 10.2 Å². The standard InChI is InChI=1S/C19H22N6.C7H13NO.2H2/c1-11(2)19(4)12(3)22-15-7-6-14(23-17(15)19)13-8-9-25-16(13)10-21-18(20-5)24-25;1-6(9)8-7(2)4-3-5-7;;/h6-11H,1-5H3,(H,20,24);3-5H2,1-2H3,(H,8,9);2*1H. The molecule has 5 rings (SSSR count). The summed E-state index contributed by atoms with van der Waals surface area (Å²) in [6, 6.07) is 6.14. The maximum atomic E-state index is 10.5. The predicted octanol–water partition coefficient (Wildman–Crippen LogP) is 5.41. The van der Waals surface area contributed by atoms with Crippen LogP contribution >= 0.6 is 0 Å². The van der Waals surface area contributed by atoms with Gasteiger partial charge in [-0.15, -0.1) is 5.10 Å². The Morgan fingerprint density at radius 3 is 2.50 bits per heavy atom. The molecule has 3 aromatic heterocycles. The molecule has 2 aliphatic rings. The van der Waals surface area contributed by atoms with Crippen LogP contribution in [0.25, 0.3) is 16.8 Å². The van der Waals surface area contributed by atoms with E-state index in [9.17, 15) is 4.79 Å². The second-order valence-electron chi connectivity index (χ2n) is 10.1. The summed E-state index contributed by atoms with van der Waals surface area (Å²) in [7, 11) is 1.81. The lowest BCUT2D eigenvalue weighted by Crippen LogP contribution is -2.50. The van der Waals surface area contributed by atoms with Crippen molar-refractivity contribution in [3.05, 3.63) is 36.3 Å². The summed E-state index contributed by atoms with van der Waals surface area (Å²) in [6.07, 6.45) is 7.31. The third-order valence-corrected chi connectivity index (χ3v) is 7.41. The Morgan fingerprint density at radius 1 is 1.21 bits per heavy atom. The molecule has 1 unspecified atom stereocenters. The number of carbonyl (C=O) groups excluding carboxylic acids is 1. The number of pyridine rings is 1. The maximum Gasteiger partial charge on any atom is 0.240 e. The minimum atomic E-state index is -0.128. The van der Waals surface area contributed by atoms with Gasteiger partial charge in [0.15, 0.2) is 0 Å². The van der Waals surface area contributed by atoms with Gasteiger partial charge in [-0.05, 0) is 64.2 Å². The summed E-state index contributed by atoms with van der Waals surface area (Å²) < 4.78 is 1.83. The molecular formula is C26H39N7O. The van der Waals surface area contributed by atoms with Crippen molar-refractivity contribution in [2.45, 2.75) is 71.8 Å². The fourth-order valence-electron chi connectivity index (χ4n) is 4.72. The van der Waals surface area contributed by atoms with Crippen LogP contribution in [0.3, 0.4) is 0 Å². The summed E-state index contributed by atoms with van der Waals surface area (Å²) in [5, 5.41) is 10.3. The third-order valence-electron chi connectivity index (χ3n) is 7.41. The van der Waals surface area contributed by atoms with Gasteiger partial charge in [-0.3, -0.25) is 9.79 Å². The van der Waals surface area contributed by atoms with Crippen molar-refractivity contribution in [2.24, 2.45) is 10.9 Å². The van der Waals surface area contributed by atoms with E-state index < -0.39 is 0 Å². The van der Waals surface area contributed by atoms with Gasteiger partial charge in [0, 0.05) is 39.8 Å². The molecule has 0 radical (unpaired) electrons. The second kappa shape index (κ2) is 8.81. The molecule has 0 bridgehead atoms. The van der Waals surface area contributed by atoms with Crippen LogP contribution in [0, 0.1) is 5.92 Å². The number of hydrogen-bond acceptors (Lipinski definition) is 6. The Kier molecular flexibility index (Phi) is 6.18. The lowest BCUT2D eigenvalue weighted by molar-refractivity contribution is -0.121. The lowest BCUT2D eigenvalue weighted by atomic mass is 9.73. The van der Waals surface area contributed by atoms with Gasteiger partial charge in [0.05, 0.1) is 34.2 Å². The fraction of sp³-hybridized carbons (Fsp3) is 0.500. The van der Waals surface area contributed by atoms with E-state index in [0.717, 1.165) is 46.7 Å². The predicted molar refractivity (Wildman–Crippen MR) is 141 cm³/mol. The second-order valence-corrected chi connectivity index (χ2v) is 10.1. The van der Waals surface area contributed by atoms with Gasteiger partial charge in [0.2, 0.25) is 11.9 Å². The number of nitrogens with one attached hydrogen (secondary N) is 2. The van der Waals surface area contributed by atoms with E-state index in [-0.39, 0.29) is 19.7 Å². The zero-order valence-electron chi connectivity index (χ0n) is 21.2. The number of aromatic nitrogens is 4. The Bertz CT molecular complexity index is 1270. The highest BCUT2D eigenvalue weighted by atomic mass is 16.1. The first-order chi connectivity index (χ1) is 16.1. The monoisotopic (exact) mass is 465 g/mol. The zero-order valence-corrected chi connectivity index (χ0v) is 21.2. The number of nitrogens with zero attached hydrogens (tertiary/aromatic N) is 5. The molecule has 0 spiro atoms. The van der Waals surface area contributed by atoms with E-state index in [1.54, 1.807) is 6.92 Å². The minimum Gasteiger partial charge on any atom is -0.356 e. The number of anilines is 1. The molecule has 8 heteroatoms. The molecule has 8 nitrogen and oxygen atoms in total. The Morgan fingerprint density at radius 2 is 1.94 bits per heavy atom. The SMILES string of the molecule is CC(=O)NC1(C)CCC1.CNc1ncc2c(-c3ccc4c(n3)C(C)(C(C)C)C(C)=N4)ccn2n1.[HH].[HH]. The van der Waals surface area contributed by atoms with E-state index >= 15 is 0 Å². The van der Waals surface area contributed by atoms with Crippen LogP contribution in [0.2, 0.25) is 0 Å². The number of rotatable bonds is 4. The van der Waals surface area contributed by atoms with Crippen molar-refractivity contribution < 1.29 is 7.65 Å². The van der Waals surface area contributed by atoms with Gasteiger partial charge < -0.3 is 10.6 Å². The van der Waals surface area contributed by atoms with Crippen molar-refractivity contribution in [1.29, 1.82) is 0 Å². The summed E-state index contributed by atoms with van der Waals surface area (Å²) in [6.45, 7) is 12.5. The molecule has 1 fully saturated rings. The molecule has 1 aliphatic carbocycles. The van der Waals surface area contributed by atoms with Gasteiger partial charge in [0.1, 0.15) is 0 Å². The third kappa shape index (κ3) is 4.17. The Balaban J connectivity index is 0.000000355. The van der Waals surface area contributed by atoms with Gasteiger partial charge in [-0.1, -0.05) is 13.8 Å². The van der Waals surface area contributed by atoms with Crippen LogP contribution in [0.1, 0.15) is 69.4 Å². The molecule has 3 aromatic rings. The molecule has 1 amide bonds. The summed E-state index contributed by atoms with van der Waals surface area (Å²) >= 11 is 0. The summed E-state index contributed by atoms with van der Waals surface area (Å²) in [5.41, 5.74) is 6.08. The van der Waals surface area contributed by atoms with Crippen LogP contribution in [0.4, 0.5) is 11.6 Å². The van der Waals surface area contributed by atoms with Crippen molar-refractivity contribution in [1.82, 2.24) is 24.9 Å². The molecular weight excluding hydrogens is 426 g/mol. The quantitative estimate of drug-likeness (QED) is 0.537. The Labute approximate surface area is 204 Å². The first-order valence-electron chi connectivity index (χ1n) is 12.0. The van der Waals surface area contributed by atoms with Crippen molar-refractivity contribution in [3.63, 3.8) is 0 Å². The molecule has 34 heavy (non-hydrogen) atoms. The lowest BCUT2D eigenvalue weighted by Gasteiger charge is -2.38. The van der Waals surface area contributed by atoms with Crippen molar-refractivity contribution in [2.75, 3.05) is 12.4 Å². The molecule has 1 aliphatic heterocycles. The van der Waals surface area contributed by atoms with Crippen LogP contribution in [0.15, 0.2) is 35.6 Å². The van der Waals surface area contributed by atoms with Gasteiger partial charge in [0.25, 0.3) is 0 Å². The van der Waals surface area contributed by atoms with Gasteiger partial charge in [-0.25, -0.2) is 14.5 Å². The van der Waals surface area contributed by atoms with Gasteiger partial charge >= 0.3 is 0 Å². The number of hydrogen-bond donors (Lipinski definition) is 2. The topological polar surface area (TPSA) is 96.6 Å². The first kappa shape index (κ1) is 23.9. The molecule has 1 atom stereocenters. The molecule has 0 saturated heterocycles. The van der Waals surface area contributed by atoms with Crippen LogP contribution < -0.4 is 10.6 Å². The highest BCUT2D eigenvalue weighted by Crippen LogP contribution is 2.44. The van der Waals surface area contributed by atoms with E-state index in [1.165, 1.54) is 6.42 Å². The number of aliphatic imine (C=N–C) groups is 1. The highest BCUT2D eigenvalue weighted by molar-refractivity contribution is 5.99. The molecule has 184 valence electrons. The smallest absolute Gasteiger partial charge is 0.240 e. The van der Waals surface area contributed by atoms with Crippen molar-refractivity contribution >= 4 is 28.8 Å². The highest BCUT2D eigenvalue weighted by Gasteiger charge is 2.41. The fourth-order valence-corrected chi connectivity index (χ4v) is 4.72. The van der Waals surface area contributed by atoms with Crippen molar-refractivity contribution in [3.8, 4) is 11.3 Å². The van der Waals surface area contributed by atoms with Crippen LogP contribution in [0.5, 0.6) is 0 Å². The van der Waals surface area contributed by atoms with E-state index in [4.69, 9.17) is 9.98 Å². The molecule has 0 aromatic carbocycles. The minimum absolute atomic E-state index is 0. The number of amides is 1. The number of fused-ring (bicyclic) bond motifs is 2. The molecule has 1 saturated carbocycles. The van der Waals surface area contributed by atoms with E-state index in [1.807, 2.05) is 36.1 Å². The molecule has 2 N–H and O–H groups in total. The van der Waals surface area contributed by atoms with E-state index in [2.05, 4.69) is 61.4 Å².